The third-order valence-corrected chi connectivity index (χ3v) is 3.41. The monoisotopic (exact) mass is 267 g/mol. The van der Waals surface area contributed by atoms with Gasteiger partial charge in [-0.3, -0.25) is 0 Å². The third kappa shape index (κ3) is 3.67. The average molecular weight is 267 g/mol. The Bertz CT molecular complexity index is 435. The fourth-order valence-electron chi connectivity index (χ4n) is 2.46. The summed E-state index contributed by atoms with van der Waals surface area (Å²) in [4.78, 5) is 13.5. The molecule has 1 fully saturated rings. The van der Waals surface area contributed by atoms with Gasteiger partial charge in [0.15, 0.2) is 6.10 Å². The lowest BCUT2D eigenvalue weighted by Crippen LogP contribution is -2.44. The van der Waals surface area contributed by atoms with E-state index in [0.29, 0.717) is 12.3 Å². The summed E-state index contributed by atoms with van der Waals surface area (Å²) in [6.45, 7) is 1.69. The maximum absolute atomic E-state index is 12.8. The van der Waals surface area contributed by atoms with Crippen molar-refractivity contribution < 1.29 is 19.0 Å². The number of rotatable bonds is 4. The Morgan fingerprint density at radius 1 is 1.47 bits per heavy atom. The third-order valence-electron chi connectivity index (χ3n) is 3.41. The van der Waals surface area contributed by atoms with Crippen molar-refractivity contribution in [1.82, 2.24) is 4.90 Å². The fourth-order valence-corrected chi connectivity index (χ4v) is 2.46. The second-order valence-corrected chi connectivity index (χ2v) is 5.00. The first-order chi connectivity index (χ1) is 9.06. The molecule has 1 N–H and O–H groups in total. The minimum absolute atomic E-state index is 0.0405. The van der Waals surface area contributed by atoms with Crippen LogP contribution in [0.2, 0.25) is 0 Å². The van der Waals surface area contributed by atoms with Crippen molar-refractivity contribution in [3.05, 3.63) is 30.1 Å². The normalized spacial score (nSPS) is 21.9. The molecule has 0 spiro atoms. The molecule has 0 amide bonds. The summed E-state index contributed by atoms with van der Waals surface area (Å²) >= 11 is 0. The number of carboxylic acids is 1. The predicted molar refractivity (Wildman–Crippen MR) is 68.7 cm³/mol. The Kier molecular flexibility index (Phi) is 4.37. The summed E-state index contributed by atoms with van der Waals surface area (Å²) in [5.41, 5.74) is 0. The van der Waals surface area contributed by atoms with E-state index in [9.17, 15) is 14.3 Å². The molecular weight excluding hydrogens is 249 g/mol. The van der Waals surface area contributed by atoms with Crippen LogP contribution in [-0.4, -0.2) is 42.2 Å². The van der Waals surface area contributed by atoms with Crippen molar-refractivity contribution in [2.24, 2.45) is 5.92 Å². The van der Waals surface area contributed by atoms with Crippen molar-refractivity contribution in [2.75, 3.05) is 20.1 Å². The summed E-state index contributed by atoms with van der Waals surface area (Å²) in [5, 5.41) is 9.31. The highest BCUT2D eigenvalue weighted by molar-refractivity contribution is 5.73. The molecular formula is C14H18FNO3. The van der Waals surface area contributed by atoms with Gasteiger partial charge in [-0.2, -0.15) is 0 Å². The Morgan fingerprint density at radius 2 is 2.16 bits per heavy atom. The summed E-state index contributed by atoms with van der Waals surface area (Å²) < 4.78 is 18.3. The van der Waals surface area contributed by atoms with E-state index >= 15 is 0 Å². The molecule has 1 aliphatic rings. The van der Waals surface area contributed by atoms with Gasteiger partial charge in [-0.05, 0) is 50.7 Å². The van der Waals surface area contributed by atoms with E-state index in [1.165, 1.54) is 24.3 Å². The van der Waals surface area contributed by atoms with E-state index in [1.807, 2.05) is 7.05 Å². The van der Waals surface area contributed by atoms with Crippen LogP contribution in [0.5, 0.6) is 5.75 Å². The summed E-state index contributed by atoms with van der Waals surface area (Å²) in [6, 6.07) is 5.44. The molecule has 2 atom stereocenters. The molecule has 19 heavy (non-hydrogen) atoms. The van der Waals surface area contributed by atoms with Gasteiger partial charge in [-0.1, -0.05) is 0 Å². The van der Waals surface area contributed by atoms with Gasteiger partial charge in [-0.15, -0.1) is 0 Å². The Hall–Kier alpha value is -1.62. The lowest BCUT2D eigenvalue weighted by atomic mass is 9.92. The second-order valence-electron chi connectivity index (χ2n) is 5.00. The minimum Gasteiger partial charge on any atom is -0.478 e. The first kappa shape index (κ1) is 13.8. The zero-order valence-corrected chi connectivity index (χ0v) is 10.9. The van der Waals surface area contributed by atoms with E-state index in [2.05, 4.69) is 4.90 Å². The van der Waals surface area contributed by atoms with Gasteiger partial charge in [0.1, 0.15) is 11.6 Å². The lowest BCUT2D eigenvalue weighted by molar-refractivity contribution is -0.148. The highest BCUT2D eigenvalue weighted by atomic mass is 19.1. The molecule has 2 rings (SSSR count). The Balaban J connectivity index is 2.07. The van der Waals surface area contributed by atoms with Crippen LogP contribution >= 0.6 is 0 Å². The van der Waals surface area contributed by atoms with Crippen LogP contribution in [0.15, 0.2) is 24.3 Å². The number of carboxylic acid groups (broad SMARTS) is 1. The highest BCUT2D eigenvalue weighted by Gasteiger charge is 2.32. The van der Waals surface area contributed by atoms with Crippen molar-refractivity contribution >= 4 is 5.97 Å². The molecule has 2 unspecified atom stereocenters. The van der Waals surface area contributed by atoms with Crippen LogP contribution < -0.4 is 4.74 Å². The van der Waals surface area contributed by atoms with Crippen molar-refractivity contribution in [3.63, 3.8) is 0 Å². The molecule has 0 aromatic heterocycles. The van der Waals surface area contributed by atoms with Gasteiger partial charge in [0.25, 0.3) is 0 Å². The minimum atomic E-state index is -0.968. The van der Waals surface area contributed by atoms with Gasteiger partial charge in [0, 0.05) is 12.5 Å². The lowest BCUT2D eigenvalue weighted by Gasteiger charge is -2.33. The van der Waals surface area contributed by atoms with Gasteiger partial charge < -0.3 is 14.7 Å². The maximum atomic E-state index is 12.8. The van der Waals surface area contributed by atoms with Gasteiger partial charge in [-0.25, -0.2) is 9.18 Å². The molecule has 0 saturated carbocycles. The Morgan fingerprint density at radius 3 is 2.74 bits per heavy atom. The molecule has 4 nitrogen and oxygen atoms in total. The second kappa shape index (κ2) is 6.02. The molecule has 0 radical (unpaired) electrons. The van der Waals surface area contributed by atoms with E-state index < -0.39 is 12.1 Å². The number of nitrogens with zero attached hydrogens (tertiary/aromatic N) is 1. The molecule has 1 aromatic carbocycles. The molecule has 1 saturated heterocycles. The number of likely N-dealkylation sites (tertiary alicyclic amines) is 1. The number of ether oxygens (including phenoxy) is 1. The number of piperidine rings is 1. The zero-order valence-electron chi connectivity index (χ0n) is 10.9. The number of aliphatic carboxylic acids is 1. The summed E-state index contributed by atoms with van der Waals surface area (Å²) in [5.74, 6) is -0.982. The number of carbonyl (C=O) groups is 1. The zero-order chi connectivity index (χ0) is 13.8. The predicted octanol–water partition coefficient (Wildman–Crippen LogP) is 2.00. The van der Waals surface area contributed by atoms with Crippen LogP contribution in [-0.2, 0) is 4.79 Å². The molecule has 104 valence electrons. The quantitative estimate of drug-likeness (QED) is 0.906. The van der Waals surface area contributed by atoms with Crippen molar-refractivity contribution in [3.8, 4) is 5.75 Å². The van der Waals surface area contributed by atoms with Crippen LogP contribution in [0.25, 0.3) is 0 Å². The van der Waals surface area contributed by atoms with Gasteiger partial charge in [0.05, 0.1) is 0 Å². The SMILES string of the molecule is CN1CCCC(C(Oc2ccc(F)cc2)C(=O)O)C1. The van der Waals surface area contributed by atoms with Gasteiger partial charge in [0.2, 0.25) is 0 Å². The van der Waals surface area contributed by atoms with Crippen LogP contribution in [0.4, 0.5) is 4.39 Å². The van der Waals surface area contributed by atoms with E-state index in [4.69, 9.17) is 4.74 Å². The molecule has 0 aliphatic carbocycles. The molecule has 1 aromatic rings. The number of hydrogen-bond donors (Lipinski definition) is 1. The summed E-state index contributed by atoms with van der Waals surface area (Å²) in [7, 11) is 1.98. The molecule has 1 heterocycles. The topological polar surface area (TPSA) is 49.8 Å². The highest BCUT2D eigenvalue weighted by Crippen LogP contribution is 2.23. The number of hydrogen-bond acceptors (Lipinski definition) is 3. The fraction of sp³-hybridized carbons (Fsp3) is 0.500. The van der Waals surface area contributed by atoms with E-state index in [-0.39, 0.29) is 11.7 Å². The standard InChI is InChI=1S/C14H18FNO3/c1-16-8-2-3-10(9-16)13(14(17)18)19-12-6-4-11(15)5-7-12/h4-7,10,13H,2-3,8-9H2,1H3,(H,17,18). The van der Waals surface area contributed by atoms with Crippen molar-refractivity contribution in [1.29, 1.82) is 0 Å². The van der Waals surface area contributed by atoms with E-state index in [1.54, 1.807) is 0 Å². The smallest absolute Gasteiger partial charge is 0.345 e. The molecule has 0 bridgehead atoms. The van der Waals surface area contributed by atoms with Crippen LogP contribution in [0.3, 0.4) is 0 Å². The maximum Gasteiger partial charge on any atom is 0.345 e. The summed E-state index contributed by atoms with van der Waals surface area (Å²) in [6.07, 6.45) is 0.924. The first-order valence-corrected chi connectivity index (χ1v) is 6.40. The van der Waals surface area contributed by atoms with Crippen molar-refractivity contribution in [2.45, 2.75) is 18.9 Å². The molecule has 1 aliphatic heterocycles. The average Bonchev–Trinajstić information content (AvgIpc) is 2.37. The number of halogens is 1. The number of benzene rings is 1. The van der Waals surface area contributed by atoms with Gasteiger partial charge >= 0.3 is 5.97 Å². The van der Waals surface area contributed by atoms with Crippen LogP contribution in [0, 0.1) is 11.7 Å². The first-order valence-electron chi connectivity index (χ1n) is 6.40. The largest absolute Gasteiger partial charge is 0.478 e. The Labute approximate surface area is 111 Å². The van der Waals surface area contributed by atoms with E-state index in [0.717, 1.165) is 19.4 Å². The van der Waals surface area contributed by atoms with Crippen LogP contribution in [0.1, 0.15) is 12.8 Å². The molecule has 5 heteroatoms.